The molecule has 0 spiro atoms. The second kappa shape index (κ2) is 11.1. The van der Waals surface area contributed by atoms with Crippen molar-refractivity contribution in [1.29, 1.82) is 0 Å². The fraction of sp³-hybridized carbons (Fsp3) is 0.0690. The van der Waals surface area contributed by atoms with Crippen LogP contribution in [-0.2, 0) is 11.3 Å². The van der Waals surface area contributed by atoms with Gasteiger partial charge in [-0.15, -0.1) is 0 Å². The van der Waals surface area contributed by atoms with Gasteiger partial charge >= 0.3 is 0 Å². The molecule has 0 bridgehead atoms. The van der Waals surface area contributed by atoms with Crippen molar-refractivity contribution >= 4 is 29.4 Å². The number of nitrogens with one attached hydrogen (secondary N) is 1. The molecule has 5 aromatic rings. The van der Waals surface area contributed by atoms with Crippen LogP contribution in [0.5, 0.6) is 0 Å². The van der Waals surface area contributed by atoms with Gasteiger partial charge in [0, 0.05) is 28.0 Å². The van der Waals surface area contributed by atoms with E-state index in [1.165, 1.54) is 35.4 Å². The molecule has 2 amide bonds. The number of carbonyl (C=O) groups excluding carboxylic acids is 2. The van der Waals surface area contributed by atoms with Gasteiger partial charge in [-0.1, -0.05) is 48.0 Å². The third-order valence-electron chi connectivity index (χ3n) is 5.75. The zero-order valence-corrected chi connectivity index (χ0v) is 20.8. The summed E-state index contributed by atoms with van der Waals surface area (Å²) in [5.41, 5.74) is 2.47. The third kappa shape index (κ3) is 5.82. The van der Waals surface area contributed by atoms with Crippen molar-refractivity contribution in [2.45, 2.75) is 6.54 Å². The Kier molecular flexibility index (Phi) is 7.33. The molecule has 3 aromatic carbocycles. The van der Waals surface area contributed by atoms with E-state index in [0.717, 1.165) is 5.56 Å². The molecule has 0 radical (unpaired) electrons. The summed E-state index contributed by atoms with van der Waals surface area (Å²) in [5, 5.41) is 3.36. The van der Waals surface area contributed by atoms with Gasteiger partial charge in [-0.25, -0.2) is 9.37 Å². The largest absolute Gasteiger partial charge is 0.467 e. The topological polar surface area (TPSA) is 80.4 Å². The molecule has 2 heterocycles. The third-order valence-corrected chi connectivity index (χ3v) is 5.99. The second-order valence-electron chi connectivity index (χ2n) is 8.46. The van der Waals surface area contributed by atoms with E-state index in [1.807, 2.05) is 36.4 Å². The average molecular weight is 529 g/mol. The van der Waals surface area contributed by atoms with E-state index >= 15 is 0 Å². The Morgan fingerprint density at radius 3 is 2.47 bits per heavy atom. The van der Waals surface area contributed by atoms with Gasteiger partial charge in [0.1, 0.15) is 18.1 Å². The van der Waals surface area contributed by atoms with E-state index in [-0.39, 0.29) is 24.6 Å². The highest BCUT2D eigenvalue weighted by molar-refractivity contribution is 6.30. The van der Waals surface area contributed by atoms with E-state index < -0.39 is 17.6 Å². The van der Waals surface area contributed by atoms with Gasteiger partial charge in [-0.3, -0.25) is 19.5 Å². The predicted molar refractivity (Wildman–Crippen MR) is 142 cm³/mol. The minimum Gasteiger partial charge on any atom is -0.467 e. The Hall–Kier alpha value is -4.69. The first-order chi connectivity index (χ1) is 18.5. The summed E-state index contributed by atoms with van der Waals surface area (Å²) in [5.74, 6) is -0.609. The van der Waals surface area contributed by atoms with Crippen LogP contribution in [0.3, 0.4) is 0 Å². The van der Waals surface area contributed by atoms with Gasteiger partial charge < -0.3 is 9.32 Å². The van der Waals surface area contributed by atoms with Crippen molar-refractivity contribution in [1.82, 2.24) is 14.5 Å². The molecule has 190 valence electrons. The van der Waals surface area contributed by atoms with Crippen molar-refractivity contribution < 1.29 is 18.4 Å². The summed E-state index contributed by atoms with van der Waals surface area (Å²) in [4.78, 5) is 32.5. The van der Waals surface area contributed by atoms with E-state index in [9.17, 15) is 14.0 Å². The van der Waals surface area contributed by atoms with Crippen LogP contribution in [0.25, 0.3) is 16.9 Å². The van der Waals surface area contributed by atoms with Gasteiger partial charge in [0.15, 0.2) is 0 Å². The van der Waals surface area contributed by atoms with Crippen molar-refractivity contribution in [3.8, 4) is 16.9 Å². The maximum Gasteiger partial charge on any atom is 0.254 e. The first kappa shape index (κ1) is 25.0. The summed E-state index contributed by atoms with van der Waals surface area (Å²) in [7, 11) is 0. The van der Waals surface area contributed by atoms with Gasteiger partial charge in [-0.05, 0) is 54.6 Å². The van der Waals surface area contributed by atoms with Crippen LogP contribution >= 0.6 is 11.6 Å². The maximum absolute atomic E-state index is 13.4. The summed E-state index contributed by atoms with van der Waals surface area (Å²) in [6, 6.07) is 25.3. The van der Waals surface area contributed by atoms with E-state index in [0.29, 0.717) is 22.2 Å². The van der Waals surface area contributed by atoms with Gasteiger partial charge in [-0.2, -0.15) is 0 Å². The SMILES string of the molecule is O=C(CN(Cc1ccco1)C(=O)c1ccc(F)cc1)Nc1nc(-c2ccccc2)cn1-c1cccc(Cl)c1. The zero-order valence-electron chi connectivity index (χ0n) is 20.1. The van der Waals surface area contributed by atoms with Crippen LogP contribution < -0.4 is 5.32 Å². The Morgan fingerprint density at radius 1 is 0.974 bits per heavy atom. The summed E-state index contributed by atoms with van der Waals surface area (Å²) in [6.45, 7) is -0.241. The van der Waals surface area contributed by atoms with Gasteiger partial charge in [0.2, 0.25) is 11.9 Å². The number of aromatic nitrogens is 2. The maximum atomic E-state index is 13.4. The number of hydrogen-bond donors (Lipinski definition) is 1. The van der Waals surface area contributed by atoms with Crippen molar-refractivity contribution in [2.75, 3.05) is 11.9 Å². The number of benzene rings is 3. The lowest BCUT2D eigenvalue weighted by Gasteiger charge is -2.21. The van der Waals surface area contributed by atoms with E-state index in [4.69, 9.17) is 16.0 Å². The average Bonchev–Trinajstić information content (AvgIpc) is 3.59. The lowest BCUT2D eigenvalue weighted by Crippen LogP contribution is -2.37. The summed E-state index contributed by atoms with van der Waals surface area (Å²) in [6.07, 6.45) is 3.30. The molecule has 0 aliphatic heterocycles. The quantitative estimate of drug-likeness (QED) is 0.260. The molecule has 7 nitrogen and oxygen atoms in total. The molecule has 0 aliphatic carbocycles. The molecule has 0 atom stereocenters. The van der Waals surface area contributed by atoms with Crippen LogP contribution in [0, 0.1) is 5.82 Å². The Bertz CT molecular complexity index is 1550. The molecular weight excluding hydrogens is 507 g/mol. The predicted octanol–water partition coefficient (Wildman–Crippen LogP) is 6.21. The minimum absolute atomic E-state index is 0.0502. The van der Waals surface area contributed by atoms with Crippen molar-refractivity contribution in [2.24, 2.45) is 0 Å². The number of furan rings is 1. The highest BCUT2D eigenvalue weighted by atomic mass is 35.5. The molecule has 0 saturated heterocycles. The molecule has 0 unspecified atom stereocenters. The molecule has 38 heavy (non-hydrogen) atoms. The highest BCUT2D eigenvalue weighted by Gasteiger charge is 2.22. The van der Waals surface area contributed by atoms with Crippen LogP contribution in [0.4, 0.5) is 10.3 Å². The lowest BCUT2D eigenvalue weighted by molar-refractivity contribution is -0.117. The van der Waals surface area contributed by atoms with Crippen molar-refractivity contribution in [3.63, 3.8) is 0 Å². The van der Waals surface area contributed by atoms with Crippen LogP contribution in [0.15, 0.2) is 108 Å². The second-order valence-corrected chi connectivity index (χ2v) is 8.90. The molecule has 5 rings (SSSR count). The monoisotopic (exact) mass is 528 g/mol. The fourth-order valence-electron chi connectivity index (χ4n) is 3.94. The van der Waals surface area contributed by atoms with Crippen LogP contribution in [-0.4, -0.2) is 32.8 Å². The summed E-state index contributed by atoms with van der Waals surface area (Å²) < 4.78 is 20.5. The Labute approximate surface area is 223 Å². The van der Waals surface area contributed by atoms with Crippen LogP contribution in [0.1, 0.15) is 16.1 Å². The standard InChI is InChI=1S/C29H22ClFN4O3/c30-22-8-4-9-24(16-22)35-18-26(20-6-2-1-3-7-20)32-29(35)33-27(36)19-34(17-25-10-5-15-38-25)28(37)21-11-13-23(31)14-12-21/h1-16,18H,17,19H2,(H,32,33,36). The Balaban J connectivity index is 1.43. The van der Waals surface area contributed by atoms with E-state index in [2.05, 4.69) is 10.3 Å². The molecular formula is C29H22ClFN4O3. The zero-order chi connectivity index (χ0) is 26.5. The molecule has 1 N–H and O–H groups in total. The number of anilines is 1. The van der Waals surface area contributed by atoms with E-state index in [1.54, 1.807) is 41.1 Å². The molecule has 0 fully saturated rings. The fourth-order valence-corrected chi connectivity index (χ4v) is 4.13. The minimum atomic E-state index is -0.472. The number of carbonyl (C=O) groups is 2. The lowest BCUT2D eigenvalue weighted by atomic mass is 10.2. The molecule has 9 heteroatoms. The van der Waals surface area contributed by atoms with Crippen LogP contribution in [0.2, 0.25) is 5.02 Å². The van der Waals surface area contributed by atoms with Crippen molar-refractivity contribution in [3.05, 3.63) is 126 Å². The number of hydrogen-bond acceptors (Lipinski definition) is 4. The van der Waals surface area contributed by atoms with Gasteiger partial charge in [0.25, 0.3) is 5.91 Å². The number of amides is 2. The smallest absolute Gasteiger partial charge is 0.254 e. The number of imidazole rings is 1. The number of nitrogens with zero attached hydrogens (tertiary/aromatic N) is 3. The normalized spacial score (nSPS) is 10.8. The first-order valence-electron chi connectivity index (χ1n) is 11.7. The highest BCUT2D eigenvalue weighted by Crippen LogP contribution is 2.25. The number of rotatable bonds is 8. The first-order valence-corrected chi connectivity index (χ1v) is 12.1. The molecule has 0 saturated carbocycles. The molecule has 2 aromatic heterocycles. The Morgan fingerprint density at radius 2 is 1.76 bits per heavy atom. The summed E-state index contributed by atoms with van der Waals surface area (Å²) >= 11 is 6.22. The molecule has 0 aliphatic rings. The number of halogens is 2. The van der Waals surface area contributed by atoms with Gasteiger partial charge in [0.05, 0.1) is 18.5 Å².